The summed E-state index contributed by atoms with van der Waals surface area (Å²) in [5.41, 5.74) is 5.82. The Bertz CT molecular complexity index is 999. The molecule has 4 aliphatic rings. The maximum absolute atomic E-state index is 4.74. The molecule has 30 heavy (non-hydrogen) atoms. The summed E-state index contributed by atoms with van der Waals surface area (Å²) in [6, 6.07) is 5.85. The van der Waals surface area contributed by atoms with E-state index < -0.39 is 0 Å². The van der Waals surface area contributed by atoms with Gasteiger partial charge >= 0.3 is 40.8 Å². The van der Waals surface area contributed by atoms with Crippen LogP contribution in [0.3, 0.4) is 0 Å². The van der Waals surface area contributed by atoms with E-state index in [1.165, 1.54) is 0 Å². The number of rotatable bonds is 2. The fraction of sp³-hybridized carbons (Fsp3) is 0.190. The molecule has 2 aliphatic heterocycles. The van der Waals surface area contributed by atoms with Crippen LogP contribution in [-0.2, 0) is 0 Å². The smallest absolute Gasteiger partial charge is 1.00 e. The molecule has 0 N–H and O–H groups in total. The molecule has 1 aromatic heterocycles. The van der Waals surface area contributed by atoms with E-state index in [0.29, 0.717) is 11.7 Å². The first-order valence-corrected chi connectivity index (χ1v) is 8.70. The van der Waals surface area contributed by atoms with Crippen LogP contribution in [0.1, 0.15) is 25.2 Å². The first kappa shape index (κ1) is 27.0. The summed E-state index contributed by atoms with van der Waals surface area (Å²) in [4.78, 5) is 23.6. The number of halogens is 3. The van der Waals surface area contributed by atoms with Crippen molar-refractivity contribution < 1.29 is 78.1 Å². The first-order valence-electron chi connectivity index (χ1n) is 8.70. The van der Waals surface area contributed by atoms with Gasteiger partial charge in [-0.05, 0) is 37.1 Å². The van der Waals surface area contributed by atoms with Gasteiger partial charge in [0.15, 0.2) is 11.7 Å². The van der Waals surface area contributed by atoms with Gasteiger partial charge in [0, 0.05) is 0 Å². The molecule has 1 aromatic rings. The fourth-order valence-corrected chi connectivity index (χ4v) is 3.43. The minimum atomic E-state index is 0. The maximum atomic E-state index is 4.74. The van der Waals surface area contributed by atoms with Crippen LogP contribution >= 0.6 is 0 Å². The number of aliphatic imine (C=N–C) groups is 4. The summed E-state index contributed by atoms with van der Waals surface area (Å²) in [5.74, 6) is 1.34. The number of allylic oxidation sites excluding steroid dienone is 4. The molecule has 9 heteroatoms. The Morgan fingerprint density at radius 1 is 0.700 bits per heavy atom. The Labute approximate surface area is 227 Å². The number of pyridine rings is 1. The van der Waals surface area contributed by atoms with Gasteiger partial charge in [0.05, 0.1) is 11.4 Å². The predicted octanol–water partition coefficient (Wildman–Crippen LogP) is -5.73. The zero-order valence-corrected chi connectivity index (χ0v) is 21.7. The molecule has 2 atom stereocenters. The number of hydrogen-bond donors (Lipinski definition) is 0. The average molecular weight is 590 g/mol. The Morgan fingerprint density at radius 3 is 1.53 bits per heavy atom. The third-order valence-corrected chi connectivity index (χ3v) is 4.83. The second-order valence-electron chi connectivity index (χ2n) is 6.67. The van der Waals surface area contributed by atoms with Crippen molar-refractivity contribution in [3.05, 3.63) is 77.2 Å². The average Bonchev–Trinajstić information content (AvgIpc) is 3.28. The van der Waals surface area contributed by atoms with E-state index in [1.54, 1.807) is 0 Å². The van der Waals surface area contributed by atoms with E-state index in [-0.39, 0.29) is 90.1 Å². The van der Waals surface area contributed by atoms with Crippen molar-refractivity contribution in [2.75, 3.05) is 0 Å². The van der Waals surface area contributed by atoms with Gasteiger partial charge in [-0.1, -0.05) is 42.5 Å². The molecule has 5 rings (SSSR count). The number of amidine groups is 2. The van der Waals surface area contributed by atoms with Crippen molar-refractivity contribution in [2.45, 2.75) is 25.9 Å². The second-order valence-corrected chi connectivity index (χ2v) is 6.67. The molecule has 5 nitrogen and oxygen atoms in total. The monoisotopic (exact) mass is 586 g/mol. The van der Waals surface area contributed by atoms with Gasteiger partial charge in [-0.3, -0.25) is 9.98 Å². The van der Waals surface area contributed by atoms with Crippen LogP contribution in [0.25, 0.3) is 0 Å². The standard InChI is InChI=1S/C21H17N5.3ClH.Nd/c1-12-6-3-8-14-18(12)25-20(23-14)16-10-5-11-17(22-16)21-24-15-9-4-7-13(2)19(15)26-21;;;;/h3-11,14-15H,1-2H3;3*1H;/q;;;;+3/p-3. The van der Waals surface area contributed by atoms with Crippen molar-refractivity contribution >= 4 is 23.1 Å². The van der Waals surface area contributed by atoms with Crippen LogP contribution in [0.5, 0.6) is 0 Å². The van der Waals surface area contributed by atoms with Crippen molar-refractivity contribution in [3.8, 4) is 0 Å². The van der Waals surface area contributed by atoms with Crippen LogP contribution in [0.2, 0.25) is 0 Å². The molecule has 3 heterocycles. The van der Waals surface area contributed by atoms with Gasteiger partial charge in [-0.25, -0.2) is 15.0 Å². The van der Waals surface area contributed by atoms with Crippen LogP contribution in [-0.4, -0.2) is 40.2 Å². The summed E-state index contributed by atoms with van der Waals surface area (Å²) >= 11 is 0. The van der Waals surface area contributed by atoms with Gasteiger partial charge in [0.1, 0.15) is 23.5 Å². The Hall–Kier alpha value is -0.989. The van der Waals surface area contributed by atoms with Gasteiger partial charge in [-0.2, -0.15) is 0 Å². The molecule has 0 saturated carbocycles. The predicted molar refractivity (Wildman–Crippen MR) is 106 cm³/mol. The summed E-state index contributed by atoms with van der Waals surface area (Å²) < 4.78 is 0. The van der Waals surface area contributed by atoms with E-state index in [9.17, 15) is 0 Å². The molecule has 0 bridgehead atoms. The van der Waals surface area contributed by atoms with E-state index in [2.05, 4.69) is 38.2 Å². The first-order chi connectivity index (χ1) is 12.7. The Kier molecular flexibility index (Phi) is 9.96. The van der Waals surface area contributed by atoms with Gasteiger partial charge in [0.25, 0.3) is 0 Å². The molecule has 151 valence electrons. The topological polar surface area (TPSA) is 62.3 Å². The quantitative estimate of drug-likeness (QED) is 0.339. The second kappa shape index (κ2) is 11.0. The number of aromatic nitrogens is 1. The molecule has 1 radical (unpaired) electrons. The van der Waals surface area contributed by atoms with Crippen LogP contribution in [0, 0.1) is 40.8 Å². The zero-order chi connectivity index (χ0) is 17.7. The van der Waals surface area contributed by atoms with E-state index in [1.807, 2.05) is 30.4 Å². The molecule has 2 unspecified atom stereocenters. The summed E-state index contributed by atoms with van der Waals surface area (Å²) in [5, 5.41) is 0. The number of fused-ring (bicyclic) bond motifs is 2. The van der Waals surface area contributed by atoms with Crippen molar-refractivity contribution in [1.82, 2.24) is 4.98 Å². The molecule has 0 amide bonds. The van der Waals surface area contributed by atoms with Crippen molar-refractivity contribution in [3.63, 3.8) is 0 Å². The van der Waals surface area contributed by atoms with Crippen LogP contribution < -0.4 is 37.2 Å². The van der Waals surface area contributed by atoms with Gasteiger partial charge < -0.3 is 37.2 Å². The molecule has 0 spiro atoms. The summed E-state index contributed by atoms with van der Waals surface area (Å²) in [6.07, 6.45) is 12.3. The molecule has 0 fully saturated rings. The third-order valence-electron chi connectivity index (χ3n) is 4.83. The van der Waals surface area contributed by atoms with Crippen LogP contribution in [0.15, 0.2) is 85.8 Å². The van der Waals surface area contributed by atoms with E-state index in [0.717, 1.165) is 34.0 Å². The van der Waals surface area contributed by atoms with E-state index >= 15 is 0 Å². The number of hydrogen-bond acceptors (Lipinski definition) is 5. The third kappa shape index (κ3) is 4.91. The normalized spacial score (nSPS) is 22.2. The van der Waals surface area contributed by atoms with Crippen LogP contribution in [0.4, 0.5) is 0 Å². The molecule has 2 aliphatic carbocycles. The minimum Gasteiger partial charge on any atom is -1.00 e. The fourth-order valence-electron chi connectivity index (χ4n) is 3.43. The SMILES string of the molecule is CC1=CC=CC2N=C(c3cccc(C4=NC5C=CC=C(C)C5=N4)n3)N=C12.[Cl-].[Cl-].[Cl-].[Nd+3]. The largest absolute Gasteiger partial charge is 3.00 e. The van der Waals surface area contributed by atoms with Gasteiger partial charge in [0.2, 0.25) is 0 Å². The summed E-state index contributed by atoms with van der Waals surface area (Å²) in [7, 11) is 0. The number of nitrogens with zero attached hydrogens (tertiary/aromatic N) is 5. The minimum absolute atomic E-state index is 0. The zero-order valence-electron chi connectivity index (χ0n) is 16.2. The van der Waals surface area contributed by atoms with Gasteiger partial charge in [-0.15, -0.1) is 0 Å². The molecular weight excluding hydrogens is 573 g/mol. The Balaban J connectivity index is 0.00000112. The maximum Gasteiger partial charge on any atom is 3.00 e. The molecule has 0 aromatic carbocycles. The van der Waals surface area contributed by atoms with Crippen molar-refractivity contribution in [2.24, 2.45) is 20.0 Å². The summed E-state index contributed by atoms with van der Waals surface area (Å²) in [6.45, 7) is 4.12. The Morgan fingerprint density at radius 2 is 1.13 bits per heavy atom. The van der Waals surface area contributed by atoms with E-state index in [4.69, 9.17) is 25.0 Å². The molecular formula is C21H17Cl3N5Nd. The van der Waals surface area contributed by atoms with Crippen molar-refractivity contribution in [1.29, 1.82) is 0 Å². The molecule has 0 saturated heterocycles.